The van der Waals surface area contributed by atoms with Gasteiger partial charge in [0.15, 0.2) is 0 Å². The van der Waals surface area contributed by atoms with Crippen LogP contribution < -0.4 is 14.8 Å². The average Bonchev–Trinajstić information content (AvgIpc) is 3.14. The largest absolute Gasteiger partial charge is 0.489 e. The van der Waals surface area contributed by atoms with E-state index in [-0.39, 0.29) is 12.6 Å². The Morgan fingerprint density at radius 1 is 1.11 bits per heavy atom. The molecule has 1 aromatic heterocycles. The molecule has 0 unspecified atom stereocenters. The Kier molecular flexibility index (Phi) is 5.53. The van der Waals surface area contributed by atoms with E-state index in [1.807, 2.05) is 0 Å². The molecule has 0 atom stereocenters. The van der Waals surface area contributed by atoms with E-state index in [0.29, 0.717) is 22.6 Å². The van der Waals surface area contributed by atoms with Gasteiger partial charge in [-0.05, 0) is 42.0 Å². The smallest absolute Gasteiger partial charge is 0.416 e. The van der Waals surface area contributed by atoms with Crippen LogP contribution in [0.1, 0.15) is 11.1 Å². The number of carbonyl (C=O) groups is 1. The van der Waals surface area contributed by atoms with Gasteiger partial charge in [0, 0.05) is 12.6 Å². The predicted octanol–water partition coefficient (Wildman–Crippen LogP) is 4.66. The molecule has 6 nitrogen and oxygen atoms in total. The standard InChI is InChI=1S/C19H15F3N2O4/c1-23-18(25)27-17-10-16(24-28-17)13-4-8-15(9-5-13)26-11-12-2-6-14(7-3-12)19(20,21)22/h2-10H,11H2,1H3,(H,23,25). The van der Waals surface area contributed by atoms with Crippen LogP contribution in [0.25, 0.3) is 11.3 Å². The maximum atomic E-state index is 12.6. The molecule has 3 rings (SSSR count). The first-order chi connectivity index (χ1) is 13.3. The molecule has 0 saturated heterocycles. The normalized spacial score (nSPS) is 11.1. The molecule has 0 bridgehead atoms. The number of aromatic nitrogens is 1. The first-order valence-electron chi connectivity index (χ1n) is 8.11. The second-order valence-corrected chi connectivity index (χ2v) is 5.68. The van der Waals surface area contributed by atoms with Crippen LogP contribution in [0.15, 0.2) is 59.1 Å². The van der Waals surface area contributed by atoms with E-state index in [1.165, 1.54) is 25.2 Å². The number of rotatable bonds is 5. The van der Waals surface area contributed by atoms with Crippen LogP contribution in [0.5, 0.6) is 11.7 Å². The van der Waals surface area contributed by atoms with Gasteiger partial charge in [-0.1, -0.05) is 17.3 Å². The molecule has 146 valence electrons. The van der Waals surface area contributed by atoms with Gasteiger partial charge >= 0.3 is 18.2 Å². The molecule has 0 aliphatic rings. The SMILES string of the molecule is CNC(=O)Oc1cc(-c2ccc(OCc3ccc(C(F)(F)F)cc3)cc2)no1. The topological polar surface area (TPSA) is 73.6 Å². The fraction of sp³-hybridized carbons (Fsp3) is 0.158. The summed E-state index contributed by atoms with van der Waals surface area (Å²) in [6.07, 6.45) is -5.03. The quantitative estimate of drug-likeness (QED) is 0.684. The summed E-state index contributed by atoms with van der Waals surface area (Å²) in [4.78, 5) is 11.1. The van der Waals surface area contributed by atoms with Gasteiger partial charge in [0.25, 0.3) is 0 Å². The van der Waals surface area contributed by atoms with E-state index in [4.69, 9.17) is 14.0 Å². The van der Waals surface area contributed by atoms with Gasteiger partial charge < -0.3 is 19.3 Å². The van der Waals surface area contributed by atoms with Crippen molar-refractivity contribution in [1.29, 1.82) is 0 Å². The third-order valence-electron chi connectivity index (χ3n) is 3.72. The Labute approximate surface area is 157 Å². The van der Waals surface area contributed by atoms with Crippen LogP contribution in [0, 0.1) is 0 Å². The Bertz CT molecular complexity index is 935. The maximum absolute atomic E-state index is 12.6. The predicted molar refractivity (Wildman–Crippen MR) is 92.8 cm³/mol. The van der Waals surface area contributed by atoms with Crippen molar-refractivity contribution in [3.8, 4) is 23.0 Å². The molecule has 0 aliphatic heterocycles. The molecule has 0 fully saturated rings. The van der Waals surface area contributed by atoms with Crippen LogP contribution in [0.2, 0.25) is 0 Å². The third-order valence-corrected chi connectivity index (χ3v) is 3.72. The van der Waals surface area contributed by atoms with Crippen LogP contribution in [0.4, 0.5) is 18.0 Å². The molecule has 1 heterocycles. The van der Waals surface area contributed by atoms with Crippen molar-refractivity contribution in [1.82, 2.24) is 10.5 Å². The van der Waals surface area contributed by atoms with Gasteiger partial charge in [-0.15, -0.1) is 0 Å². The van der Waals surface area contributed by atoms with Crippen molar-refractivity contribution in [2.24, 2.45) is 0 Å². The lowest BCUT2D eigenvalue weighted by atomic mass is 10.1. The lowest BCUT2D eigenvalue weighted by Gasteiger charge is -2.09. The molecule has 0 saturated carbocycles. The lowest BCUT2D eigenvalue weighted by Crippen LogP contribution is -2.21. The monoisotopic (exact) mass is 392 g/mol. The third kappa shape index (κ3) is 4.81. The fourth-order valence-electron chi connectivity index (χ4n) is 2.26. The van der Waals surface area contributed by atoms with Gasteiger partial charge in [-0.2, -0.15) is 13.2 Å². The first-order valence-corrected chi connectivity index (χ1v) is 8.11. The van der Waals surface area contributed by atoms with Crippen molar-refractivity contribution < 1.29 is 32.0 Å². The molecule has 0 aliphatic carbocycles. The maximum Gasteiger partial charge on any atom is 0.416 e. The van der Waals surface area contributed by atoms with Crippen LogP contribution >= 0.6 is 0 Å². The Morgan fingerprint density at radius 3 is 2.39 bits per heavy atom. The molecular weight excluding hydrogens is 377 g/mol. The summed E-state index contributed by atoms with van der Waals surface area (Å²) in [5, 5.41) is 6.10. The summed E-state index contributed by atoms with van der Waals surface area (Å²) in [6, 6.07) is 13.1. The Hall–Kier alpha value is -3.49. The number of halogens is 3. The Morgan fingerprint density at radius 2 is 1.79 bits per heavy atom. The number of ether oxygens (including phenoxy) is 2. The zero-order valence-corrected chi connectivity index (χ0v) is 14.6. The summed E-state index contributed by atoms with van der Waals surface area (Å²) in [7, 11) is 1.42. The summed E-state index contributed by atoms with van der Waals surface area (Å²) in [6.45, 7) is 0.131. The second-order valence-electron chi connectivity index (χ2n) is 5.68. The molecule has 3 aromatic rings. The molecular formula is C19H15F3N2O4. The van der Waals surface area contributed by atoms with Gasteiger partial charge in [-0.3, -0.25) is 0 Å². The molecule has 28 heavy (non-hydrogen) atoms. The minimum atomic E-state index is -4.36. The summed E-state index contributed by atoms with van der Waals surface area (Å²) in [5.74, 6) is 0.492. The molecule has 0 radical (unpaired) electrons. The zero-order chi connectivity index (χ0) is 20.1. The highest BCUT2D eigenvalue weighted by atomic mass is 19.4. The van der Waals surface area contributed by atoms with Gasteiger partial charge in [0.1, 0.15) is 18.1 Å². The van der Waals surface area contributed by atoms with Crippen molar-refractivity contribution in [3.63, 3.8) is 0 Å². The van der Waals surface area contributed by atoms with E-state index in [9.17, 15) is 18.0 Å². The van der Waals surface area contributed by atoms with E-state index in [0.717, 1.165) is 12.1 Å². The van der Waals surface area contributed by atoms with Crippen LogP contribution in [0.3, 0.4) is 0 Å². The zero-order valence-electron chi connectivity index (χ0n) is 14.6. The molecule has 2 aromatic carbocycles. The van der Waals surface area contributed by atoms with E-state index in [2.05, 4.69) is 10.5 Å². The molecule has 1 amide bonds. The van der Waals surface area contributed by atoms with Crippen LogP contribution in [-0.4, -0.2) is 18.3 Å². The summed E-state index contributed by atoms with van der Waals surface area (Å²) < 4.78 is 53.0. The highest BCUT2D eigenvalue weighted by Gasteiger charge is 2.29. The molecule has 0 spiro atoms. The van der Waals surface area contributed by atoms with E-state index < -0.39 is 17.8 Å². The fourth-order valence-corrected chi connectivity index (χ4v) is 2.26. The highest BCUT2D eigenvalue weighted by molar-refractivity contribution is 5.70. The van der Waals surface area contributed by atoms with Gasteiger partial charge in [0.05, 0.1) is 11.6 Å². The number of carbonyl (C=O) groups excluding carboxylic acids is 1. The number of alkyl halides is 3. The highest BCUT2D eigenvalue weighted by Crippen LogP contribution is 2.29. The number of hydrogen-bond acceptors (Lipinski definition) is 5. The summed E-state index contributed by atoms with van der Waals surface area (Å²) in [5.41, 5.74) is 1.09. The van der Waals surface area contributed by atoms with Crippen LogP contribution in [-0.2, 0) is 12.8 Å². The van der Waals surface area contributed by atoms with Crippen molar-refractivity contribution in [2.45, 2.75) is 12.8 Å². The second kappa shape index (κ2) is 8.03. The van der Waals surface area contributed by atoms with E-state index in [1.54, 1.807) is 24.3 Å². The molecule has 9 heteroatoms. The number of benzene rings is 2. The number of hydrogen-bond donors (Lipinski definition) is 1. The van der Waals surface area contributed by atoms with Gasteiger partial charge in [0.2, 0.25) is 0 Å². The average molecular weight is 392 g/mol. The van der Waals surface area contributed by atoms with Crippen molar-refractivity contribution in [3.05, 3.63) is 65.7 Å². The number of nitrogens with zero attached hydrogens (tertiary/aromatic N) is 1. The first kappa shape index (κ1) is 19.3. The van der Waals surface area contributed by atoms with Crippen molar-refractivity contribution >= 4 is 6.09 Å². The molecule has 1 N–H and O–H groups in total. The van der Waals surface area contributed by atoms with Crippen molar-refractivity contribution in [2.75, 3.05) is 7.05 Å². The van der Waals surface area contributed by atoms with E-state index >= 15 is 0 Å². The summed E-state index contributed by atoms with van der Waals surface area (Å²) >= 11 is 0. The lowest BCUT2D eigenvalue weighted by molar-refractivity contribution is -0.137. The number of nitrogens with one attached hydrogen (secondary N) is 1. The minimum absolute atomic E-state index is 0.0445. The minimum Gasteiger partial charge on any atom is -0.489 e. The number of amides is 1. The van der Waals surface area contributed by atoms with Gasteiger partial charge in [-0.25, -0.2) is 4.79 Å². The Balaban J connectivity index is 1.59.